The maximum Gasteiger partial charge on any atom is 0.0621 e. The van der Waals surface area contributed by atoms with Crippen LogP contribution >= 0.6 is 0 Å². The minimum atomic E-state index is 0.428. The van der Waals surface area contributed by atoms with Crippen molar-refractivity contribution in [2.45, 2.75) is 66.2 Å². The minimum absolute atomic E-state index is 0.428. The van der Waals surface area contributed by atoms with Gasteiger partial charge in [-0.05, 0) is 55.3 Å². The van der Waals surface area contributed by atoms with E-state index in [2.05, 4.69) is 39.8 Å². The van der Waals surface area contributed by atoms with Crippen molar-refractivity contribution in [3.8, 4) is 6.07 Å². The van der Waals surface area contributed by atoms with E-state index in [0.717, 1.165) is 12.3 Å². The van der Waals surface area contributed by atoms with Gasteiger partial charge in [-0.1, -0.05) is 38.8 Å². The molecule has 0 spiro atoms. The third kappa shape index (κ3) is 2.11. The summed E-state index contributed by atoms with van der Waals surface area (Å²) in [6.45, 7) is 9.68. The molecule has 0 aromatic rings. The molecule has 0 aromatic heterocycles. The molecule has 0 saturated heterocycles. The number of allylic oxidation sites excluding steroid dienone is 2. The summed E-state index contributed by atoms with van der Waals surface area (Å²) in [4.78, 5) is 0. The van der Waals surface area contributed by atoms with Gasteiger partial charge in [0.2, 0.25) is 0 Å². The van der Waals surface area contributed by atoms with Gasteiger partial charge in [0, 0.05) is 6.42 Å². The number of nitriles is 1. The molecule has 1 heteroatoms. The van der Waals surface area contributed by atoms with E-state index in [9.17, 15) is 0 Å². The van der Waals surface area contributed by atoms with E-state index in [-0.39, 0.29) is 0 Å². The molecule has 0 bridgehead atoms. The monoisotopic (exact) mass is 245 g/mol. The fourth-order valence-corrected chi connectivity index (χ4v) is 4.90. The Morgan fingerprint density at radius 1 is 1.33 bits per heavy atom. The standard InChI is InChI=1S/C17H27N/c1-13-8-9-15-16(2,3)10-6-11-17(15,4)14(13)7-5-12-18/h8,14-15H,5-7,9-11H2,1-4H3/t14-,15-,17+/m0/s1. The van der Waals surface area contributed by atoms with E-state index < -0.39 is 0 Å². The van der Waals surface area contributed by atoms with Crippen molar-refractivity contribution in [3.63, 3.8) is 0 Å². The first kappa shape index (κ1) is 13.7. The van der Waals surface area contributed by atoms with Crippen molar-refractivity contribution in [2.75, 3.05) is 0 Å². The Morgan fingerprint density at radius 3 is 2.72 bits per heavy atom. The van der Waals surface area contributed by atoms with Crippen LogP contribution < -0.4 is 0 Å². The smallest absolute Gasteiger partial charge is 0.0621 e. The fraction of sp³-hybridized carbons (Fsp3) is 0.824. The quantitative estimate of drug-likeness (QED) is 0.622. The Morgan fingerprint density at radius 2 is 2.06 bits per heavy atom. The molecule has 1 fully saturated rings. The first-order chi connectivity index (χ1) is 8.42. The molecule has 1 saturated carbocycles. The van der Waals surface area contributed by atoms with Crippen LogP contribution in [0, 0.1) is 34.0 Å². The summed E-state index contributed by atoms with van der Waals surface area (Å²) in [6.07, 6.45) is 9.55. The van der Waals surface area contributed by atoms with Crippen LogP contribution in [0.15, 0.2) is 11.6 Å². The van der Waals surface area contributed by atoms with Gasteiger partial charge in [-0.15, -0.1) is 0 Å². The van der Waals surface area contributed by atoms with Crippen molar-refractivity contribution in [1.29, 1.82) is 5.26 Å². The van der Waals surface area contributed by atoms with Crippen LogP contribution in [0.25, 0.3) is 0 Å². The lowest BCUT2D eigenvalue weighted by atomic mass is 9.48. The van der Waals surface area contributed by atoms with Crippen molar-refractivity contribution >= 4 is 0 Å². The van der Waals surface area contributed by atoms with Gasteiger partial charge in [0.05, 0.1) is 6.07 Å². The Kier molecular flexibility index (Phi) is 3.58. The number of hydrogen-bond donors (Lipinski definition) is 0. The maximum absolute atomic E-state index is 8.90. The molecule has 0 aliphatic heterocycles. The lowest BCUT2D eigenvalue weighted by Gasteiger charge is -2.57. The minimum Gasteiger partial charge on any atom is -0.198 e. The molecular formula is C17H27N. The van der Waals surface area contributed by atoms with E-state index >= 15 is 0 Å². The highest BCUT2D eigenvalue weighted by Crippen LogP contribution is 2.60. The van der Waals surface area contributed by atoms with Crippen LogP contribution in [0.4, 0.5) is 0 Å². The number of nitrogens with zero attached hydrogens (tertiary/aromatic N) is 1. The zero-order valence-electron chi connectivity index (χ0n) is 12.4. The summed E-state index contributed by atoms with van der Waals surface area (Å²) in [5, 5.41) is 8.90. The van der Waals surface area contributed by atoms with Crippen molar-refractivity contribution < 1.29 is 0 Å². The molecule has 0 amide bonds. The predicted molar refractivity (Wildman–Crippen MR) is 75.9 cm³/mol. The van der Waals surface area contributed by atoms with Crippen LogP contribution in [0.3, 0.4) is 0 Å². The molecule has 2 rings (SSSR count). The third-order valence-electron chi connectivity index (χ3n) is 5.84. The largest absolute Gasteiger partial charge is 0.198 e. The van der Waals surface area contributed by atoms with Crippen LogP contribution in [0.2, 0.25) is 0 Å². The van der Waals surface area contributed by atoms with E-state index in [1.54, 1.807) is 5.57 Å². The second kappa shape index (κ2) is 4.72. The van der Waals surface area contributed by atoms with E-state index in [1.807, 2.05) is 0 Å². The highest BCUT2D eigenvalue weighted by atomic mass is 14.6. The number of rotatable bonds is 2. The average molecular weight is 245 g/mol. The molecular weight excluding hydrogens is 218 g/mol. The Balaban J connectivity index is 2.32. The lowest BCUT2D eigenvalue weighted by Crippen LogP contribution is -2.48. The van der Waals surface area contributed by atoms with E-state index in [4.69, 9.17) is 5.26 Å². The summed E-state index contributed by atoms with van der Waals surface area (Å²) in [5.41, 5.74) is 2.44. The second-order valence-corrected chi connectivity index (χ2v) is 7.33. The van der Waals surface area contributed by atoms with E-state index in [0.29, 0.717) is 23.2 Å². The zero-order valence-corrected chi connectivity index (χ0v) is 12.4. The number of fused-ring (bicyclic) bond motifs is 1. The van der Waals surface area contributed by atoms with Crippen molar-refractivity contribution in [3.05, 3.63) is 11.6 Å². The Bertz CT molecular complexity index is 385. The van der Waals surface area contributed by atoms with Crippen LogP contribution in [0.1, 0.15) is 66.2 Å². The topological polar surface area (TPSA) is 23.8 Å². The van der Waals surface area contributed by atoms with Crippen LogP contribution in [-0.4, -0.2) is 0 Å². The van der Waals surface area contributed by atoms with Gasteiger partial charge in [0.25, 0.3) is 0 Å². The van der Waals surface area contributed by atoms with Gasteiger partial charge >= 0.3 is 0 Å². The molecule has 0 unspecified atom stereocenters. The average Bonchev–Trinajstić information content (AvgIpc) is 2.27. The van der Waals surface area contributed by atoms with Crippen LogP contribution in [-0.2, 0) is 0 Å². The maximum atomic E-state index is 8.90. The molecule has 100 valence electrons. The first-order valence-electron chi connectivity index (χ1n) is 7.45. The van der Waals surface area contributed by atoms with Gasteiger partial charge in [0.1, 0.15) is 0 Å². The summed E-state index contributed by atoms with van der Waals surface area (Å²) in [7, 11) is 0. The molecule has 2 aliphatic carbocycles. The molecule has 18 heavy (non-hydrogen) atoms. The van der Waals surface area contributed by atoms with Gasteiger partial charge in [0.15, 0.2) is 0 Å². The van der Waals surface area contributed by atoms with Crippen molar-refractivity contribution in [1.82, 2.24) is 0 Å². The molecule has 0 aromatic carbocycles. The summed E-state index contributed by atoms with van der Waals surface area (Å²) in [6, 6.07) is 2.34. The molecule has 0 radical (unpaired) electrons. The second-order valence-electron chi connectivity index (χ2n) is 7.33. The first-order valence-corrected chi connectivity index (χ1v) is 7.45. The van der Waals surface area contributed by atoms with Gasteiger partial charge < -0.3 is 0 Å². The predicted octanol–water partition coefficient (Wildman–Crippen LogP) is 5.09. The highest BCUT2D eigenvalue weighted by molar-refractivity contribution is 5.18. The van der Waals surface area contributed by atoms with Gasteiger partial charge in [-0.2, -0.15) is 5.26 Å². The zero-order chi connectivity index (χ0) is 13.4. The van der Waals surface area contributed by atoms with Crippen molar-refractivity contribution in [2.24, 2.45) is 22.7 Å². The van der Waals surface area contributed by atoms with Crippen LogP contribution in [0.5, 0.6) is 0 Å². The van der Waals surface area contributed by atoms with Gasteiger partial charge in [-0.3, -0.25) is 0 Å². The Labute approximate surface area is 112 Å². The fourth-order valence-electron chi connectivity index (χ4n) is 4.90. The highest BCUT2D eigenvalue weighted by Gasteiger charge is 2.51. The van der Waals surface area contributed by atoms with E-state index in [1.165, 1.54) is 25.7 Å². The Hall–Kier alpha value is -0.770. The molecule has 3 atom stereocenters. The summed E-state index contributed by atoms with van der Waals surface area (Å²) in [5.74, 6) is 1.43. The van der Waals surface area contributed by atoms with Gasteiger partial charge in [-0.25, -0.2) is 0 Å². The summed E-state index contributed by atoms with van der Waals surface area (Å²) < 4.78 is 0. The lowest BCUT2D eigenvalue weighted by molar-refractivity contribution is -0.0387. The molecule has 0 heterocycles. The molecule has 0 N–H and O–H groups in total. The third-order valence-corrected chi connectivity index (χ3v) is 5.84. The SMILES string of the molecule is CC1=CC[C@H]2C(C)(C)CCC[C@]2(C)[C@H]1CCC#N. The normalized spacial score (nSPS) is 38.5. The number of hydrogen-bond acceptors (Lipinski definition) is 1. The summed E-state index contributed by atoms with van der Waals surface area (Å²) >= 11 is 0. The molecule has 2 aliphatic rings. The molecule has 1 nitrogen and oxygen atoms in total.